The second-order valence-corrected chi connectivity index (χ2v) is 9.24. The topological polar surface area (TPSA) is 78.1 Å². The molecule has 1 aromatic heterocycles. The first-order chi connectivity index (χ1) is 16.2. The molecule has 6 nitrogen and oxygen atoms in total. The Morgan fingerprint density at radius 3 is 2.52 bits per heavy atom. The van der Waals surface area contributed by atoms with Crippen LogP contribution in [0.5, 0.6) is 0 Å². The Morgan fingerprint density at radius 1 is 0.970 bits per heavy atom. The van der Waals surface area contributed by atoms with Crippen LogP contribution in [-0.2, 0) is 4.79 Å². The monoisotopic (exact) mass is 438 g/mol. The first-order valence-corrected chi connectivity index (χ1v) is 11.7. The Hall–Kier alpha value is -3.67. The van der Waals surface area contributed by atoms with Gasteiger partial charge in [0.2, 0.25) is 5.91 Å². The number of piperidine rings is 1. The molecule has 1 unspecified atom stereocenters. The summed E-state index contributed by atoms with van der Waals surface area (Å²) < 4.78 is 0. The highest BCUT2D eigenvalue weighted by Crippen LogP contribution is 2.33. The highest BCUT2D eigenvalue weighted by Gasteiger charge is 2.32. The molecular weight excluding hydrogens is 412 g/mol. The average molecular weight is 439 g/mol. The first-order valence-electron chi connectivity index (χ1n) is 11.7. The van der Waals surface area contributed by atoms with Gasteiger partial charge in [-0.2, -0.15) is 0 Å². The fourth-order valence-electron chi connectivity index (χ4n) is 4.82. The van der Waals surface area contributed by atoms with Crippen LogP contribution >= 0.6 is 0 Å². The lowest BCUT2D eigenvalue weighted by Gasteiger charge is -2.32. The highest BCUT2D eigenvalue weighted by atomic mass is 16.2. The van der Waals surface area contributed by atoms with E-state index in [-0.39, 0.29) is 23.7 Å². The largest absolute Gasteiger partial charge is 0.342 e. The van der Waals surface area contributed by atoms with Crippen LogP contribution in [0.1, 0.15) is 47.8 Å². The third-order valence-corrected chi connectivity index (χ3v) is 6.83. The van der Waals surface area contributed by atoms with E-state index in [0.29, 0.717) is 24.3 Å². The van der Waals surface area contributed by atoms with Crippen LogP contribution in [0, 0.1) is 5.92 Å². The predicted octanol–water partition coefficient (Wildman–Crippen LogP) is 5.08. The fourth-order valence-corrected chi connectivity index (χ4v) is 4.82. The van der Waals surface area contributed by atoms with E-state index >= 15 is 0 Å². The molecule has 2 amide bonds. The van der Waals surface area contributed by atoms with Crippen LogP contribution in [0.15, 0.2) is 60.7 Å². The van der Waals surface area contributed by atoms with E-state index in [0.717, 1.165) is 53.3 Å². The highest BCUT2D eigenvalue weighted by molar-refractivity contribution is 6.08. The van der Waals surface area contributed by atoms with Crippen LogP contribution in [0.4, 0.5) is 5.69 Å². The van der Waals surface area contributed by atoms with Crippen LogP contribution in [-0.4, -0.2) is 39.8 Å². The third-order valence-electron chi connectivity index (χ3n) is 6.83. The van der Waals surface area contributed by atoms with E-state index in [9.17, 15) is 9.59 Å². The number of imidazole rings is 1. The number of aromatic nitrogens is 2. The van der Waals surface area contributed by atoms with Gasteiger partial charge < -0.3 is 15.2 Å². The maximum absolute atomic E-state index is 13.7. The molecule has 166 valence electrons. The molecule has 33 heavy (non-hydrogen) atoms. The second kappa shape index (κ2) is 8.03. The van der Waals surface area contributed by atoms with Gasteiger partial charge in [-0.1, -0.05) is 36.4 Å². The first kappa shape index (κ1) is 20.0. The summed E-state index contributed by atoms with van der Waals surface area (Å²) in [5, 5.41) is 5.05. The number of rotatable bonds is 4. The molecule has 6 heteroatoms. The Morgan fingerprint density at radius 2 is 1.73 bits per heavy atom. The lowest BCUT2D eigenvalue weighted by Crippen LogP contribution is -2.39. The zero-order chi connectivity index (χ0) is 22.4. The van der Waals surface area contributed by atoms with Gasteiger partial charge in [0.15, 0.2) is 0 Å². The molecule has 2 heterocycles. The van der Waals surface area contributed by atoms with Gasteiger partial charge in [-0.05, 0) is 60.7 Å². The summed E-state index contributed by atoms with van der Waals surface area (Å²) in [6.07, 6.45) is 3.76. The number of hydrogen-bond acceptors (Lipinski definition) is 3. The lowest BCUT2D eigenvalue weighted by atomic mass is 9.96. The van der Waals surface area contributed by atoms with Crippen molar-refractivity contribution in [3.8, 4) is 0 Å². The molecule has 2 aliphatic rings. The van der Waals surface area contributed by atoms with Gasteiger partial charge in [-0.25, -0.2) is 4.98 Å². The van der Waals surface area contributed by atoms with E-state index in [4.69, 9.17) is 4.98 Å². The molecule has 0 bridgehead atoms. The van der Waals surface area contributed by atoms with Crippen LogP contribution in [0.3, 0.4) is 0 Å². The SMILES string of the molecule is O=C(Nc1cc2ccccc2cc1C(=O)N1CCCC(c2nc3ccccc3[nH]2)C1)C1CC1. The predicted molar refractivity (Wildman–Crippen MR) is 129 cm³/mol. The maximum Gasteiger partial charge on any atom is 0.256 e. The normalized spacial score (nSPS) is 18.5. The van der Waals surface area contributed by atoms with Gasteiger partial charge in [0.25, 0.3) is 5.91 Å². The minimum atomic E-state index is -0.0346. The lowest BCUT2D eigenvalue weighted by molar-refractivity contribution is -0.117. The number of fused-ring (bicyclic) bond motifs is 2. The summed E-state index contributed by atoms with van der Waals surface area (Å²) in [6, 6.07) is 19.8. The average Bonchev–Trinajstić information content (AvgIpc) is 3.62. The summed E-state index contributed by atoms with van der Waals surface area (Å²) in [4.78, 5) is 36.4. The molecule has 6 rings (SSSR count). The maximum atomic E-state index is 13.7. The number of para-hydroxylation sites is 2. The molecule has 0 radical (unpaired) electrons. The van der Waals surface area contributed by atoms with E-state index < -0.39 is 0 Å². The summed E-state index contributed by atoms with van der Waals surface area (Å²) in [5.74, 6) is 1.16. The summed E-state index contributed by atoms with van der Waals surface area (Å²) in [6.45, 7) is 1.32. The van der Waals surface area contributed by atoms with Crippen molar-refractivity contribution in [3.63, 3.8) is 0 Å². The Balaban J connectivity index is 1.31. The molecule has 3 aromatic carbocycles. The van der Waals surface area contributed by atoms with Gasteiger partial charge in [0.1, 0.15) is 5.82 Å². The number of carbonyl (C=O) groups excluding carboxylic acids is 2. The molecular formula is C27H26N4O2. The van der Waals surface area contributed by atoms with Crippen molar-refractivity contribution in [2.45, 2.75) is 31.6 Å². The molecule has 0 spiro atoms. The molecule has 1 aliphatic carbocycles. The quantitative estimate of drug-likeness (QED) is 0.466. The number of carbonyl (C=O) groups is 2. The minimum Gasteiger partial charge on any atom is -0.342 e. The van der Waals surface area contributed by atoms with Crippen LogP contribution in [0.2, 0.25) is 0 Å². The molecule has 2 N–H and O–H groups in total. The molecule has 1 aliphatic heterocycles. The summed E-state index contributed by atoms with van der Waals surface area (Å²) in [5.41, 5.74) is 3.15. The number of nitrogens with zero attached hydrogens (tertiary/aromatic N) is 2. The van der Waals surface area contributed by atoms with Crippen molar-refractivity contribution < 1.29 is 9.59 Å². The molecule has 1 saturated heterocycles. The van der Waals surface area contributed by atoms with Crippen molar-refractivity contribution in [2.75, 3.05) is 18.4 Å². The number of anilines is 1. The zero-order valence-electron chi connectivity index (χ0n) is 18.4. The number of amides is 2. The third kappa shape index (κ3) is 3.86. The second-order valence-electron chi connectivity index (χ2n) is 9.24. The van der Waals surface area contributed by atoms with Crippen molar-refractivity contribution in [1.82, 2.24) is 14.9 Å². The van der Waals surface area contributed by atoms with Gasteiger partial charge in [0, 0.05) is 24.9 Å². The van der Waals surface area contributed by atoms with Crippen LogP contribution in [0.25, 0.3) is 21.8 Å². The minimum absolute atomic E-state index is 0.0122. The smallest absolute Gasteiger partial charge is 0.256 e. The number of aromatic amines is 1. The summed E-state index contributed by atoms with van der Waals surface area (Å²) in [7, 11) is 0. The molecule has 2 fully saturated rings. The van der Waals surface area contributed by atoms with E-state index in [2.05, 4.69) is 10.3 Å². The van der Waals surface area contributed by atoms with Crippen molar-refractivity contribution in [1.29, 1.82) is 0 Å². The number of benzene rings is 3. The van der Waals surface area contributed by atoms with Gasteiger partial charge in [-0.15, -0.1) is 0 Å². The molecule has 1 saturated carbocycles. The van der Waals surface area contributed by atoms with E-state index in [1.807, 2.05) is 65.6 Å². The van der Waals surface area contributed by atoms with E-state index in [1.54, 1.807) is 0 Å². The number of likely N-dealkylation sites (tertiary alicyclic amines) is 1. The number of hydrogen-bond donors (Lipinski definition) is 2. The van der Waals surface area contributed by atoms with Gasteiger partial charge >= 0.3 is 0 Å². The van der Waals surface area contributed by atoms with Gasteiger partial charge in [-0.3, -0.25) is 9.59 Å². The number of H-pyrrole nitrogens is 1. The summed E-state index contributed by atoms with van der Waals surface area (Å²) >= 11 is 0. The Bertz CT molecular complexity index is 1340. The fraction of sp³-hybridized carbons (Fsp3) is 0.296. The Kier molecular flexibility index (Phi) is 4.86. The zero-order valence-corrected chi connectivity index (χ0v) is 18.4. The van der Waals surface area contributed by atoms with Crippen molar-refractivity contribution in [2.24, 2.45) is 5.92 Å². The van der Waals surface area contributed by atoms with E-state index in [1.165, 1.54) is 0 Å². The number of nitrogens with one attached hydrogen (secondary N) is 2. The van der Waals surface area contributed by atoms with Crippen molar-refractivity contribution in [3.05, 3.63) is 72.1 Å². The van der Waals surface area contributed by atoms with Crippen molar-refractivity contribution >= 4 is 39.3 Å². The standard InChI is InChI=1S/C27H26N4O2/c32-26(17-11-12-17)30-24-15-19-7-2-1-6-18(19)14-21(24)27(33)31-13-5-8-20(16-31)25-28-22-9-3-4-10-23(22)29-25/h1-4,6-7,9-10,14-15,17,20H,5,8,11-13,16H2,(H,28,29)(H,30,32). The molecule has 1 atom stereocenters. The molecule has 4 aromatic rings. The Labute approximate surface area is 192 Å². The van der Waals surface area contributed by atoms with Crippen LogP contribution < -0.4 is 5.32 Å². The van der Waals surface area contributed by atoms with Gasteiger partial charge in [0.05, 0.1) is 22.3 Å².